The molecule has 1 atom stereocenters. The van der Waals surface area contributed by atoms with E-state index in [2.05, 4.69) is 16.3 Å². The fourth-order valence-corrected chi connectivity index (χ4v) is 4.57. The van der Waals surface area contributed by atoms with Crippen molar-refractivity contribution in [2.45, 2.75) is 32.7 Å². The molecule has 1 aliphatic heterocycles. The zero-order valence-corrected chi connectivity index (χ0v) is 20.0. The van der Waals surface area contributed by atoms with Gasteiger partial charge in [-0.2, -0.15) is 5.26 Å². The highest BCUT2D eigenvalue weighted by molar-refractivity contribution is 5.95. The van der Waals surface area contributed by atoms with Crippen LogP contribution in [0, 0.1) is 24.2 Å². The minimum absolute atomic E-state index is 0.0473. The number of ether oxygens (including phenoxy) is 1. The molecule has 0 saturated carbocycles. The number of aryl methyl sites for hydroxylation is 1. The Balaban J connectivity index is 1.78. The second kappa shape index (κ2) is 9.56. The third kappa shape index (κ3) is 4.34. The lowest BCUT2D eigenvalue weighted by atomic mass is 9.98. The van der Waals surface area contributed by atoms with Crippen molar-refractivity contribution >= 4 is 28.5 Å². The molecule has 1 aliphatic rings. The van der Waals surface area contributed by atoms with Crippen molar-refractivity contribution in [1.29, 1.82) is 5.26 Å². The van der Waals surface area contributed by atoms with Crippen LogP contribution in [-0.4, -0.2) is 35.7 Å². The van der Waals surface area contributed by atoms with Crippen molar-refractivity contribution in [3.05, 3.63) is 63.4 Å². The fourth-order valence-electron chi connectivity index (χ4n) is 4.57. The number of para-hydroxylation sites is 1. The van der Waals surface area contributed by atoms with Crippen molar-refractivity contribution in [2.75, 3.05) is 30.4 Å². The molecular formula is C26H29N5O3. The van der Waals surface area contributed by atoms with Gasteiger partial charge in [-0.15, -0.1) is 0 Å². The molecule has 176 valence electrons. The first kappa shape index (κ1) is 23.3. The number of carbonyl (C=O) groups excluding carboxylic acids is 1. The molecule has 0 amide bonds. The summed E-state index contributed by atoms with van der Waals surface area (Å²) in [7, 11) is 3.11. The standard InChI is InChI=1S/C26H29N5O3/c1-16-13-20(17(2)28-22-8-6-5-7-19(22)25(33)34-4)23-21(14-16)24(32)30(3)26(29-23)31-11-9-18(15-27)10-12-31/h5-8,13-14,17-18,28H,9-12H2,1-4H3. The minimum Gasteiger partial charge on any atom is -0.465 e. The quantitative estimate of drug-likeness (QED) is 0.577. The summed E-state index contributed by atoms with van der Waals surface area (Å²) in [6, 6.07) is 13.2. The van der Waals surface area contributed by atoms with Crippen LogP contribution in [0.2, 0.25) is 0 Å². The molecule has 8 nitrogen and oxygen atoms in total. The first-order valence-corrected chi connectivity index (χ1v) is 11.4. The van der Waals surface area contributed by atoms with Gasteiger partial charge in [0.2, 0.25) is 5.95 Å². The van der Waals surface area contributed by atoms with Gasteiger partial charge >= 0.3 is 5.97 Å². The number of rotatable bonds is 5. The summed E-state index contributed by atoms with van der Waals surface area (Å²) in [6.45, 7) is 5.31. The smallest absolute Gasteiger partial charge is 0.339 e. The molecule has 0 radical (unpaired) electrons. The van der Waals surface area contributed by atoms with E-state index in [9.17, 15) is 14.9 Å². The number of nitrogens with zero attached hydrogens (tertiary/aromatic N) is 4. The predicted molar refractivity (Wildman–Crippen MR) is 132 cm³/mol. The van der Waals surface area contributed by atoms with Crippen LogP contribution in [0.3, 0.4) is 0 Å². The average Bonchev–Trinajstić information content (AvgIpc) is 2.86. The van der Waals surface area contributed by atoms with Gasteiger partial charge in [0.1, 0.15) is 0 Å². The third-order valence-electron chi connectivity index (χ3n) is 6.46. The first-order chi connectivity index (χ1) is 16.3. The molecule has 0 bridgehead atoms. The van der Waals surface area contributed by atoms with Crippen molar-refractivity contribution in [3.8, 4) is 6.07 Å². The number of carbonyl (C=O) groups is 1. The summed E-state index contributed by atoms with van der Waals surface area (Å²) in [6.07, 6.45) is 1.51. The zero-order chi connectivity index (χ0) is 24.4. The van der Waals surface area contributed by atoms with Gasteiger partial charge in [-0.25, -0.2) is 9.78 Å². The number of anilines is 2. The maximum Gasteiger partial charge on any atom is 0.339 e. The Morgan fingerprint density at radius 2 is 1.97 bits per heavy atom. The number of methoxy groups -OCH3 is 1. The number of esters is 1. The van der Waals surface area contributed by atoms with Crippen LogP contribution in [0.25, 0.3) is 10.9 Å². The van der Waals surface area contributed by atoms with Gasteiger partial charge in [0, 0.05) is 37.3 Å². The monoisotopic (exact) mass is 459 g/mol. The number of hydrogen-bond donors (Lipinski definition) is 1. The van der Waals surface area contributed by atoms with Gasteiger partial charge in [0.15, 0.2) is 0 Å². The normalized spacial score (nSPS) is 15.1. The predicted octanol–water partition coefficient (Wildman–Crippen LogP) is 3.94. The topological polar surface area (TPSA) is 100 Å². The maximum absolute atomic E-state index is 13.3. The van der Waals surface area contributed by atoms with E-state index in [1.807, 2.05) is 38.1 Å². The fraction of sp³-hybridized carbons (Fsp3) is 0.385. The van der Waals surface area contributed by atoms with Gasteiger partial charge < -0.3 is 15.0 Å². The van der Waals surface area contributed by atoms with Crippen molar-refractivity contribution < 1.29 is 9.53 Å². The van der Waals surface area contributed by atoms with E-state index in [1.54, 1.807) is 23.7 Å². The number of nitriles is 1. The van der Waals surface area contributed by atoms with Crippen LogP contribution in [-0.2, 0) is 11.8 Å². The Morgan fingerprint density at radius 3 is 2.65 bits per heavy atom. The first-order valence-electron chi connectivity index (χ1n) is 11.4. The molecule has 1 aromatic heterocycles. The maximum atomic E-state index is 13.3. The SMILES string of the molecule is COC(=O)c1ccccc1NC(C)c1cc(C)cc2c(=O)n(C)c(N3CCC(C#N)CC3)nc12. The van der Waals surface area contributed by atoms with Gasteiger partial charge in [-0.3, -0.25) is 9.36 Å². The molecule has 2 heterocycles. The largest absolute Gasteiger partial charge is 0.465 e. The summed E-state index contributed by atoms with van der Waals surface area (Å²) in [5.41, 5.74) is 3.47. The molecule has 4 rings (SSSR count). The molecule has 34 heavy (non-hydrogen) atoms. The number of benzene rings is 2. The number of piperidine rings is 1. The van der Waals surface area contributed by atoms with Gasteiger partial charge in [0.05, 0.1) is 35.7 Å². The molecule has 2 aromatic carbocycles. The second-order valence-electron chi connectivity index (χ2n) is 8.82. The van der Waals surface area contributed by atoms with Gasteiger partial charge in [-0.1, -0.05) is 18.2 Å². The van der Waals surface area contributed by atoms with Crippen LogP contribution < -0.4 is 15.8 Å². The molecule has 0 aliphatic carbocycles. The Kier molecular flexibility index (Phi) is 6.55. The van der Waals surface area contributed by atoms with E-state index in [0.29, 0.717) is 41.2 Å². The minimum atomic E-state index is -0.417. The lowest BCUT2D eigenvalue weighted by molar-refractivity contribution is 0.0602. The summed E-state index contributed by atoms with van der Waals surface area (Å²) in [5.74, 6) is 0.242. The lowest BCUT2D eigenvalue weighted by Gasteiger charge is -2.31. The molecule has 1 unspecified atom stereocenters. The molecule has 0 spiro atoms. The Morgan fingerprint density at radius 1 is 1.26 bits per heavy atom. The van der Waals surface area contributed by atoms with E-state index >= 15 is 0 Å². The highest BCUT2D eigenvalue weighted by Crippen LogP contribution is 2.30. The van der Waals surface area contributed by atoms with Crippen LogP contribution >= 0.6 is 0 Å². The molecule has 3 aromatic rings. The third-order valence-corrected chi connectivity index (χ3v) is 6.46. The Labute approximate surface area is 198 Å². The molecular weight excluding hydrogens is 430 g/mol. The Hall–Kier alpha value is -3.86. The van der Waals surface area contributed by atoms with E-state index in [0.717, 1.165) is 24.0 Å². The highest BCUT2D eigenvalue weighted by atomic mass is 16.5. The Bertz CT molecular complexity index is 1330. The summed E-state index contributed by atoms with van der Waals surface area (Å²) in [4.78, 5) is 32.6. The van der Waals surface area contributed by atoms with E-state index in [4.69, 9.17) is 9.72 Å². The van der Waals surface area contributed by atoms with Crippen LogP contribution in [0.4, 0.5) is 11.6 Å². The van der Waals surface area contributed by atoms with E-state index in [1.165, 1.54) is 7.11 Å². The molecule has 1 fully saturated rings. The summed E-state index contributed by atoms with van der Waals surface area (Å²) < 4.78 is 6.52. The van der Waals surface area contributed by atoms with Gasteiger partial charge in [0.25, 0.3) is 5.56 Å². The second-order valence-corrected chi connectivity index (χ2v) is 8.82. The van der Waals surface area contributed by atoms with E-state index in [-0.39, 0.29) is 17.5 Å². The number of aromatic nitrogens is 2. The zero-order valence-electron chi connectivity index (χ0n) is 20.0. The number of nitrogens with one attached hydrogen (secondary N) is 1. The van der Waals surface area contributed by atoms with E-state index < -0.39 is 5.97 Å². The molecule has 8 heteroatoms. The van der Waals surface area contributed by atoms with Crippen LogP contribution in [0.1, 0.15) is 47.3 Å². The molecule has 1 saturated heterocycles. The summed E-state index contributed by atoms with van der Waals surface area (Å²) in [5, 5.41) is 13.2. The molecule has 1 N–H and O–H groups in total. The lowest BCUT2D eigenvalue weighted by Crippen LogP contribution is -2.38. The van der Waals surface area contributed by atoms with Crippen LogP contribution in [0.5, 0.6) is 0 Å². The van der Waals surface area contributed by atoms with Gasteiger partial charge in [-0.05, 0) is 50.5 Å². The van der Waals surface area contributed by atoms with Crippen molar-refractivity contribution in [2.24, 2.45) is 13.0 Å². The van der Waals surface area contributed by atoms with Crippen molar-refractivity contribution in [1.82, 2.24) is 9.55 Å². The number of hydrogen-bond acceptors (Lipinski definition) is 7. The summed E-state index contributed by atoms with van der Waals surface area (Å²) >= 11 is 0. The van der Waals surface area contributed by atoms with Crippen LogP contribution in [0.15, 0.2) is 41.2 Å². The highest BCUT2D eigenvalue weighted by Gasteiger charge is 2.24. The number of fused-ring (bicyclic) bond motifs is 1. The average molecular weight is 460 g/mol. The van der Waals surface area contributed by atoms with Crippen molar-refractivity contribution in [3.63, 3.8) is 0 Å².